The fourth-order valence-electron chi connectivity index (χ4n) is 1.15. The first kappa shape index (κ1) is 12.4. The molecule has 0 heterocycles. The molecule has 1 aromatic rings. The van der Waals surface area contributed by atoms with Gasteiger partial charge in [-0.15, -0.1) is 0 Å². The molecule has 4 heteroatoms. The van der Waals surface area contributed by atoms with E-state index in [2.05, 4.69) is 4.74 Å². The molecule has 0 amide bonds. The van der Waals surface area contributed by atoms with Gasteiger partial charge in [-0.2, -0.15) is 0 Å². The monoisotopic (exact) mass is 224 g/mol. The summed E-state index contributed by atoms with van der Waals surface area (Å²) in [5.41, 5.74) is 0. The molecular weight excluding hydrogens is 208 g/mol. The van der Waals surface area contributed by atoms with Crippen molar-refractivity contribution in [3.8, 4) is 11.5 Å². The largest absolute Gasteiger partial charge is 0.494 e. The summed E-state index contributed by atoms with van der Waals surface area (Å²) in [7, 11) is 1.36. The molecule has 0 aliphatic carbocycles. The van der Waals surface area contributed by atoms with E-state index in [1.165, 1.54) is 7.11 Å². The molecule has 16 heavy (non-hydrogen) atoms. The second kappa shape index (κ2) is 6.71. The molecule has 1 rings (SSSR count). The van der Waals surface area contributed by atoms with Gasteiger partial charge in [-0.1, -0.05) is 0 Å². The van der Waals surface area contributed by atoms with Gasteiger partial charge in [0, 0.05) is 0 Å². The first-order chi connectivity index (χ1) is 7.76. The first-order valence-electron chi connectivity index (χ1n) is 5.18. The lowest BCUT2D eigenvalue weighted by Gasteiger charge is -2.06. The lowest BCUT2D eigenvalue weighted by atomic mass is 10.3. The minimum Gasteiger partial charge on any atom is -0.494 e. The number of carbonyl (C=O) groups excluding carboxylic acids is 1. The van der Waals surface area contributed by atoms with Crippen LogP contribution < -0.4 is 9.47 Å². The minimum atomic E-state index is -0.272. The van der Waals surface area contributed by atoms with Crippen LogP contribution in [0.5, 0.6) is 11.5 Å². The van der Waals surface area contributed by atoms with E-state index in [1.54, 1.807) is 0 Å². The van der Waals surface area contributed by atoms with E-state index in [-0.39, 0.29) is 12.4 Å². The Morgan fingerprint density at radius 2 is 1.69 bits per heavy atom. The average Bonchev–Trinajstić information content (AvgIpc) is 2.31. The van der Waals surface area contributed by atoms with Gasteiger partial charge in [-0.3, -0.25) is 4.79 Å². The van der Waals surface area contributed by atoms with Gasteiger partial charge in [0.2, 0.25) is 0 Å². The number of hydrogen-bond acceptors (Lipinski definition) is 4. The van der Waals surface area contributed by atoms with Crippen LogP contribution in [0, 0.1) is 0 Å². The number of rotatable bonds is 6. The van der Waals surface area contributed by atoms with Gasteiger partial charge < -0.3 is 14.2 Å². The molecule has 0 saturated carbocycles. The second-order valence-electron chi connectivity index (χ2n) is 3.08. The highest BCUT2D eigenvalue weighted by Gasteiger charge is 2.00. The third kappa shape index (κ3) is 4.21. The molecular formula is C12H16O4. The van der Waals surface area contributed by atoms with Crippen LogP contribution in [0.3, 0.4) is 0 Å². The maximum atomic E-state index is 10.8. The molecule has 0 aliphatic rings. The van der Waals surface area contributed by atoms with Crippen LogP contribution in [-0.2, 0) is 9.53 Å². The Hall–Kier alpha value is -1.71. The normalized spacial score (nSPS) is 9.62. The van der Waals surface area contributed by atoms with E-state index in [1.807, 2.05) is 31.2 Å². The highest BCUT2D eigenvalue weighted by molar-refractivity contribution is 5.69. The van der Waals surface area contributed by atoms with Gasteiger partial charge in [0.05, 0.1) is 26.7 Å². The lowest BCUT2D eigenvalue weighted by Crippen LogP contribution is -2.07. The van der Waals surface area contributed by atoms with Crippen LogP contribution in [0.25, 0.3) is 0 Å². The molecule has 0 unspecified atom stereocenters. The number of hydrogen-bond donors (Lipinski definition) is 0. The highest BCUT2D eigenvalue weighted by atomic mass is 16.5. The second-order valence-corrected chi connectivity index (χ2v) is 3.08. The molecule has 0 fully saturated rings. The molecule has 0 aliphatic heterocycles. The van der Waals surface area contributed by atoms with Crippen LogP contribution in [0.4, 0.5) is 0 Å². The molecule has 0 aromatic heterocycles. The first-order valence-corrected chi connectivity index (χ1v) is 5.18. The Bertz CT molecular complexity index is 318. The van der Waals surface area contributed by atoms with Crippen LogP contribution in [-0.4, -0.2) is 26.3 Å². The van der Waals surface area contributed by atoms with Gasteiger partial charge >= 0.3 is 5.97 Å². The summed E-state index contributed by atoms with van der Waals surface area (Å²) in [6.45, 7) is 2.89. The topological polar surface area (TPSA) is 44.8 Å². The van der Waals surface area contributed by atoms with Crippen molar-refractivity contribution in [2.45, 2.75) is 13.3 Å². The lowest BCUT2D eigenvalue weighted by molar-refractivity contribution is -0.141. The van der Waals surface area contributed by atoms with Crippen molar-refractivity contribution >= 4 is 5.97 Å². The smallest absolute Gasteiger partial charge is 0.308 e. The van der Waals surface area contributed by atoms with E-state index in [0.29, 0.717) is 19.0 Å². The van der Waals surface area contributed by atoms with E-state index in [4.69, 9.17) is 9.47 Å². The summed E-state index contributed by atoms with van der Waals surface area (Å²) >= 11 is 0. The Kier molecular flexibility index (Phi) is 5.19. The van der Waals surface area contributed by atoms with Gasteiger partial charge in [0.1, 0.15) is 11.5 Å². The third-order valence-corrected chi connectivity index (χ3v) is 1.94. The van der Waals surface area contributed by atoms with Crippen molar-refractivity contribution < 1.29 is 19.0 Å². The summed E-state index contributed by atoms with van der Waals surface area (Å²) in [5.74, 6) is 1.25. The number of ether oxygens (including phenoxy) is 3. The zero-order valence-corrected chi connectivity index (χ0v) is 9.56. The summed E-state index contributed by atoms with van der Waals surface area (Å²) in [4.78, 5) is 10.8. The fraction of sp³-hybridized carbons (Fsp3) is 0.417. The van der Waals surface area contributed by atoms with Gasteiger partial charge in [-0.05, 0) is 31.2 Å². The van der Waals surface area contributed by atoms with Crippen molar-refractivity contribution in [2.75, 3.05) is 20.3 Å². The van der Waals surface area contributed by atoms with Crippen LogP contribution in [0.1, 0.15) is 13.3 Å². The molecule has 1 aromatic carbocycles. The van der Waals surface area contributed by atoms with Crippen LogP contribution in [0.15, 0.2) is 24.3 Å². The highest BCUT2D eigenvalue weighted by Crippen LogP contribution is 2.17. The van der Waals surface area contributed by atoms with Crippen molar-refractivity contribution in [3.63, 3.8) is 0 Å². The van der Waals surface area contributed by atoms with Crippen LogP contribution >= 0.6 is 0 Å². The quantitative estimate of drug-likeness (QED) is 0.693. The zero-order valence-electron chi connectivity index (χ0n) is 9.56. The zero-order chi connectivity index (χ0) is 11.8. The van der Waals surface area contributed by atoms with Gasteiger partial charge in [-0.25, -0.2) is 0 Å². The van der Waals surface area contributed by atoms with Crippen LogP contribution in [0.2, 0.25) is 0 Å². The average molecular weight is 224 g/mol. The van der Waals surface area contributed by atoms with Crippen molar-refractivity contribution in [2.24, 2.45) is 0 Å². The number of methoxy groups -OCH3 is 1. The fourth-order valence-corrected chi connectivity index (χ4v) is 1.15. The summed E-state index contributed by atoms with van der Waals surface area (Å²) in [5, 5.41) is 0. The molecule has 4 nitrogen and oxygen atoms in total. The van der Waals surface area contributed by atoms with Crippen molar-refractivity contribution in [3.05, 3.63) is 24.3 Å². The SMILES string of the molecule is CCOc1ccc(OCCC(=O)OC)cc1. The molecule has 0 radical (unpaired) electrons. The minimum absolute atomic E-state index is 0.254. The number of benzene rings is 1. The summed E-state index contributed by atoms with van der Waals surface area (Å²) in [6.07, 6.45) is 0.254. The third-order valence-electron chi connectivity index (χ3n) is 1.94. The van der Waals surface area contributed by atoms with E-state index in [9.17, 15) is 4.79 Å². The Morgan fingerprint density at radius 3 is 2.19 bits per heavy atom. The number of carbonyl (C=O) groups is 1. The van der Waals surface area contributed by atoms with E-state index < -0.39 is 0 Å². The molecule has 0 bridgehead atoms. The molecule has 0 spiro atoms. The summed E-state index contributed by atoms with van der Waals surface area (Å²) < 4.78 is 15.1. The predicted octanol–water partition coefficient (Wildman–Crippen LogP) is 2.03. The van der Waals surface area contributed by atoms with Crippen molar-refractivity contribution in [1.82, 2.24) is 0 Å². The number of esters is 1. The molecule has 88 valence electrons. The van der Waals surface area contributed by atoms with Crippen molar-refractivity contribution in [1.29, 1.82) is 0 Å². The van der Waals surface area contributed by atoms with Gasteiger partial charge in [0.15, 0.2) is 0 Å². The Balaban J connectivity index is 2.34. The molecule has 0 saturated heterocycles. The summed E-state index contributed by atoms with van der Waals surface area (Å²) in [6, 6.07) is 7.28. The predicted molar refractivity (Wildman–Crippen MR) is 59.7 cm³/mol. The molecule has 0 N–H and O–H groups in total. The Labute approximate surface area is 95.1 Å². The maximum Gasteiger partial charge on any atom is 0.308 e. The Morgan fingerprint density at radius 1 is 1.12 bits per heavy atom. The van der Waals surface area contributed by atoms with E-state index >= 15 is 0 Å². The van der Waals surface area contributed by atoms with Gasteiger partial charge in [0.25, 0.3) is 0 Å². The molecule has 0 atom stereocenters. The maximum absolute atomic E-state index is 10.8. The standard InChI is InChI=1S/C12H16O4/c1-3-15-10-4-6-11(7-5-10)16-9-8-12(13)14-2/h4-7H,3,8-9H2,1-2H3. The van der Waals surface area contributed by atoms with E-state index in [0.717, 1.165) is 5.75 Å².